The number of hydrogen-bond donors (Lipinski definition) is 1. The third-order valence-corrected chi connectivity index (χ3v) is 6.80. The zero-order valence-corrected chi connectivity index (χ0v) is 17.4. The fourth-order valence-electron chi connectivity index (χ4n) is 5.63. The topological polar surface area (TPSA) is 46.3 Å². The molecule has 1 aromatic heterocycles. The van der Waals surface area contributed by atoms with Crippen LogP contribution in [-0.2, 0) is 6.42 Å². The highest BCUT2D eigenvalue weighted by Gasteiger charge is 2.40. The average Bonchev–Trinajstić information content (AvgIpc) is 3.03. The average molecular weight is 368 g/mol. The van der Waals surface area contributed by atoms with Gasteiger partial charge in [0.2, 0.25) is 0 Å². The van der Waals surface area contributed by atoms with Gasteiger partial charge >= 0.3 is 0 Å². The number of hydrogen-bond acceptors (Lipinski definition) is 3. The molecule has 4 atom stereocenters. The molecule has 3 nitrogen and oxygen atoms in total. The van der Waals surface area contributed by atoms with Gasteiger partial charge in [0.25, 0.3) is 0 Å². The fourth-order valence-corrected chi connectivity index (χ4v) is 5.63. The first kappa shape index (κ1) is 18.7. The number of aliphatic hydroxyl groups excluding tert-OH is 1. The smallest absolute Gasteiger partial charge is 0.195 e. The Morgan fingerprint density at radius 2 is 1.96 bits per heavy atom. The Labute approximate surface area is 162 Å². The second-order valence-corrected chi connectivity index (χ2v) is 9.13. The van der Waals surface area contributed by atoms with Crippen LogP contribution in [0, 0.1) is 12.8 Å². The van der Waals surface area contributed by atoms with Crippen molar-refractivity contribution >= 4 is 11.1 Å². The standard InChI is InChI=1S/C24H33NO2/c1-13(2)11-17-12-15(4)18-9-8-14(3)20-22(18)21(17)16(5)23-24(20)27-19(25-23)7-6-10-26/h11,14-15,17-18,26H,6-10,12H2,1-5H3/t14-,15-,17+,18+/m0/s1. The van der Waals surface area contributed by atoms with E-state index in [1.54, 1.807) is 5.56 Å². The summed E-state index contributed by atoms with van der Waals surface area (Å²) in [5.74, 6) is 3.15. The number of fused-ring (bicyclic) bond motifs is 2. The van der Waals surface area contributed by atoms with Crippen LogP contribution in [0.25, 0.3) is 11.1 Å². The van der Waals surface area contributed by atoms with Gasteiger partial charge in [0.1, 0.15) is 5.52 Å². The number of aromatic nitrogens is 1. The molecule has 2 aromatic rings. The van der Waals surface area contributed by atoms with E-state index in [1.807, 2.05) is 0 Å². The van der Waals surface area contributed by atoms with E-state index < -0.39 is 0 Å². The molecule has 0 fully saturated rings. The molecule has 1 aromatic carbocycles. The summed E-state index contributed by atoms with van der Waals surface area (Å²) in [6.45, 7) is 11.6. The fraction of sp³-hybridized carbons (Fsp3) is 0.625. The Morgan fingerprint density at radius 1 is 1.19 bits per heavy atom. The van der Waals surface area contributed by atoms with Gasteiger partial charge in [-0.05, 0) is 80.9 Å². The van der Waals surface area contributed by atoms with Gasteiger partial charge in [-0.1, -0.05) is 25.5 Å². The van der Waals surface area contributed by atoms with Gasteiger partial charge in [-0.25, -0.2) is 4.98 Å². The van der Waals surface area contributed by atoms with E-state index in [-0.39, 0.29) is 6.61 Å². The van der Waals surface area contributed by atoms with Gasteiger partial charge in [0, 0.05) is 24.5 Å². The second-order valence-electron chi connectivity index (χ2n) is 9.13. The lowest BCUT2D eigenvalue weighted by Gasteiger charge is -2.42. The molecule has 2 aliphatic rings. The molecule has 1 heterocycles. The van der Waals surface area contributed by atoms with Crippen molar-refractivity contribution in [2.24, 2.45) is 5.92 Å². The maximum Gasteiger partial charge on any atom is 0.195 e. The van der Waals surface area contributed by atoms with E-state index in [9.17, 15) is 5.11 Å². The van der Waals surface area contributed by atoms with Crippen LogP contribution in [-0.4, -0.2) is 16.7 Å². The molecule has 2 aliphatic carbocycles. The van der Waals surface area contributed by atoms with Crippen LogP contribution in [0.1, 0.15) is 99.3 Å². The molecular weight excluding hydrogens is 334 g/mol. The first-order valence-electron chi connectivity index (χ1n) is 10.6. The number of benzene rings is 1. The minimum Gasteiger partial charge on any atom is -0.440 e. The largest absolute Gasteiger partial charge is 0.440 e. The van der Waals surface area contributed by atoms with Gasteiger partial charge < -0.3 is 9.52 Å². The molecule has 0 saturated heterocycles. The van der Waals surface area contributed by atoms with Crippen LogP contribution in [0.2, 0.25) is 0 Å². The monoisotopic (exact) mass is 367 g/mol. The van der Waals surface area contributed by atoms with Crippen LogP contribution in [0.4, 0.5) is 0 Å². The van der Waals surface area contributed by atoms with Crippen LogP contribution in [0.3, 0.4) is 0 Å². The van der Waals surface area contributed by atoms with Crippen molar-refractivity contribution in [2.75, 3.05) is 6.61 Å². The molecular formula is C24H33NO2. The number of rotatable bonds is 4. The van der Waals surface area contributed by atoms with Crippen molar-refractivity contribution in [1.82, 2.24) is 4.98 Å². The van der Waals surface area contributed by atoms with Gasteiger partial charge in [-0.15, -0.1) is 0 Å². The Morgan fingerprint density at radius 3 is 2.67 bits per heavy atom. The molecule has 0 unspecified atom stereocenters. The SMILES string of the molecule is CC(C)=C[C@@H]1C[C@H](C)[C@H]2CC[C@H](C)c3c2c1c(C)c1nc(CCCO)oc31. The van der Waals surface area contributed by atoms with Crippen molar-refractivity contribution in [3.05, 3.63) is 39.8 Å². The minimum atomic E-state index is 0.180. The number of oxazole rings is 1. The molecule has 0 spiro atoms. The van der Waals surface area contributed by atoms with Gasteiger partial charge in [-0.3, -0.25) is 0 Å². The summed E-state index contributed by atoms with van der Waals surface area (Å²) in [6, 6.07) is 0. The van der Waals surface area contributed by atoms with Gasteiger partial charge in [0.05, 0.1) is 0 Å². The van der Waals surface area contributed by atoms with E-state index in [1.165, 1.54) is 41.5 Å². The Bertz CT molecular complexity index is 888. The van der Waals surface area contributed by atoms with Gasteiger partial charge in [0.15, 0.2) is 11.5 Å². The highest BCUT2D eigenvalue weighted by Crippen LogP contribution is 2.55. The Balaban J connectivity index is 2.00. The van der Waals surface area contributed by atoms with E-state index >= 15 is 0 Å². The number of aliphatic hydroxyl groups is 1. The molecule has 1 N–H and O–H groups in total. The van der Waals surface area contributed by atoms with Gasteiger partial charge in [-0.2, -0.15) is 0 Å². The van der Waals surface area contributed by atoms with Crippen molar-refractivity contribution in [3.63, 3.8) is 0 Å². The predicted molar refractivity (Wildman–Crippen MR) is 110 cm³/mol. The van der Waals surface area contributed by atoms with Crippen molar-refractivity contribution in [1.29, 1.82) is 0 Å². The highest BCUT2D eigenvalue weighted by atomic mass is 16.3. The quantitative estimate of drug-likeness (QED) is 0.661. The summed E-state index contributed by atoms with van der Waals surface area (Å²) in [5, 5.41) is 9.19. The number of aryl methyl sites for hydroxylation is 2. The summed E-state index contributed by atoms with van der Waals surface area (Å²) in [7, 11) is 0. The predicted octanol–water partition coefficient (Wildman–Crippen LogP) is 6.13. The number of nitrogens with zero attached hydrogens (tertiary/aromatic N) is 1. The van der Waals surface area contributed by atoms with Crippen molar-refractivity contribution < 1.29 is 9.52 Å². The molecule has 27 heavy (non-hydrogen) atoms. The maximum atomic E-state index is 9.19. The minimum absolute atomic E-state index is 0.180. The molecule has 0 amide bonds. The molecule has 0 radical (unpaired) electrons. The van der Waals surface area contributed by atoms with Crippen LogP contribution in [0.15, 0.2) is 16.1 Å². The van der Waals surface area contributed by atoms with E-state index in [4.69, 9.17) is 9.40 Å². The van der Waals surface area contributed by atoms with E-state index in [0.29, 0.717) is 36.5 Å². The third-order valence-electron chi connectivity index (χ3n) is 6.80. The molecule has 4 rings (SSSR count). The lowest BCUT2D eigenvalue weighted by atomic mass is 9.62. The zero-order valence-electron chi connectivity index (χ0n) is 17.4. The lowest BCUT2D eigenvalue weighted by molar-refractivity contribution is 0.283. The van der Waals surface area contributed by atoms with E-state index in [0.717, 1.165) is 17.0 Å². The molecule has 0 saturated carbocycles. The van der Waals surface area contributed by atoms with Crippen LogP contribution < -0.4 is 0 Å². The van der Waals surface area contributed by atoms with Crippen molar-refractivity contribution in [2.45, 2.75) is 84.5 Å². The Hall–Kier alpha value is -1.61. The van der Waals surface area contributed by atoms with Crippen molar-refractivity contribution in [3.8, 4) is 0 Å². The summed E-state index contributed by atoms with van der Waals surface area (Å²) < 4.78 is 6.31. The maximum absolute atomic E-state index is 9.19. The summed E-state index contributed by atoms with van der Waals surface area (Å²) in [6.07, 6.45) is 7.64. The van der Waals surface area contributed by atoms with Crippen LogP contribution in [0.5, 0.6) is 0 Å². The van der Waals surface area contributed by atoms with E-state index in [2.05, 4.69) is 40.7 Å². The summed E-state index contributed by atoms with van der Waals surface area (Å²) in [4.78, 5) is 4.88. The van der Waals surface area contributed by atoms with Crippen LogP contribution >= 0.6 is 0 Å². The first-order chi connectivity index (χ1) is 12.9. The molecule has 146 valence electrons. The lowest BCUT2D eigenvalue weighted by Crippen LogP contribution is -2.28. The highest BCUT2D eigenvalue weighted by molar-refractivity contribution is 5.85. The number of allylic oxidation sites excluding steroid dienone is 2. The molecule has 0 aliphatic heterocycles. The normalized spacial score (nSPS) is 26.9. The summed E-state index contributed by atoms with van der Waals surface area (Å²) in [5.41, 5.74) is 9.36. The first-order valence-corrected chi connectivity index (χ1v) is 10.6. The third kappa shape index (κ3) is 3.04. The molecule has 3 heteroatoms. The zero-order chi connectivity index (χ0) is 19.3. The molecule has 0 bridgehead atoms. The summed E-state index contributed by atoms with van der Waals surface area (Å²) >= 11 is 0. The second kappa shape index (κ2) is 7.09. The Kier molecular flexibility index (Phi) is 4.92.